The first-order valence-electron chi connectivity index (χ1n) is 6.71. The predicted molar refractivity (Wildman–Crippen MR) is 93.3 cm³/mol. The van der Waals surface area contributed by atoms with E-state index in [2.05, 4.69) is 9.44 Å². The Balaban J connectivity index is 1.95. The zero-order valence-electron chi connectivity index (χ0n) is 12.2. The van der Waals surface area contributed by atoms with E-state index < -0.39 is 20.0 Å². The van der Waals surface area contributed by atoms with E-state index in [1.165, 1.54) is 36.4 Å². The first-order chi connectivity index (χ1) is 11.2. The molecule has 0 amide bonds. The molecule has 0 spiro atoms. The lowest BCUT2D eigenvalue weighted by Gasteiger charge is -2.09. The summed E-state index contributed by atoms with van der Waals surface area (Å²) in [5.74, 6) is 0. The Labute approximate surface area is 150 Å². The number of rotatable bonds is 7. The Morgan fingerprint density at radius 1 is 0.708 bits per heavy atom. The summed E-state index contributed by atoms with van der Waals surface area (Å²) in [5, 5.41) is 0.582. The summed E-state index contributed by atoms with van der Waals surface area (Å²) in [6.45, 7) is -0.233. The van der Waals surface area contributed by atoms with Crippen LogP contribution in [-0.2, 0) is 20.0 Å². The van der Waals surface area contributed by atoms with Gasteiger partial charge in [0.25, 0.3) is 0 Å². The van der Waals surface area contributed by atoms with Crippen LogP contribution in [-0.4, -0.2) is 29.9 Å². The highest BCUT2D eigenvalue weighted by molar-refractivity contribution is 7.90. The summed E-state index contributed by atoms with van der Waals surface area (Å²) >= 11 is 11.5. The largest absolute Gasteiger partial charge is 0.240 e. The van der Waals surface area contributed by atoms with Crippen molar-refractivity contribution in [2.45, 2.75) is 9.79 Å². The lowest BCUT2D eigenvalue weighted by Crippen LogP contribution is -2.34. The Bertz CT molecular complexity index is 854. The van der Waals surface area contributed by atoms with E-state index in [4.69, 9.17) is 23.2 Å². The molecule has 0 unspecified atom stereocenters. The lowest BCUT2D eigenvalue weighted by molar-refractivity contribution is 0.570. The van der Waals surface area contributed by atoms with Crippen molar-refractivity contribution in [3.8, 4) is 0 Å². The number of benzene rings is 2. The standard InChI is InChI=1S/C14H14Cl2N2O4S2/c15-11-3-1-5-13(9-11)23(19,20)17-7-8-18-24(21,22)14-6-2-4-12(16)10-14/h1-6,9-10,17-18H,7-8H2. The van der Waals surface area contributed by atoms with Crippen LogP contribution in [0, 0.1) is 0 Å². The maximum atomic E-state index is 12.1. The average molecular weight is 409 g/mol. The molecule has 0 fully saturated rings. The number of halogens is 2. The minimum Gasteiger partial charge on any atom is -0.210 e. The molecule has 2 N–H and O–H groups in total. The van der Waals surface area contributed by atoms with Crippen molar-refractivity contribution in [1.82, 2.24) is 9.44 Å². The van der Waals surface area contributed by atoms with Crippen LogP contribution in [0.2, 0.25) is 10.0 Å². The van der Waals surface area contributed by atoms with Gasteiger partial charge in [-0.3, -0.25) is 0 Å². The molecule has 130 valence electrons. The first-order valence-corrected chi connectivity index (χ1v) is 10.4. The minimum absolute atomic E-state index is 0.00713. The highest BCUT2D eigenvalue weighted by Crippen LogP contribution is 2.16. The molecule has 6 nitrogen and oxygen atoms in total. The molecule has 2 rings (SSSR count). The van der Waals surface area contributed by atoms with Crippen molar-refractivity contribution in [2.75, 3.05) is 13.1 Å². The number of nitrogens with one attached hydrogen (secondary N) is 2. The van der Waals surface area contributed by atoms with Gasteiger partial charge in [-0.05, 0) is 36.4 Å². The van der Waals surface area contributed by atoms with Crippen molar-refractivity contribution in [3.63, 3.8) is 0 Å². The third kappa shape index (κ3) is 5.17. The molecule has 0 heterocycles. The topological polar surface area (TPSA) is 92.3 Å². The van der Waals surface area contributed by atoms with Gasteiger partial charge in [-0.15, -0.1) is 0 Å². The summed E-state index contributed by atoms with van der Waals surface area (Å²) in [6, 6.07) is 11.5. The van der Waals surface area contributed by atoms with Gasteiger partial charge in [-0.2, -0.15) is 0 Å². The second kappa shape index (κ2) is 7.81. The van der Waals surface area contributed by atoms with Crippen LogP contribution in [0.5, 0.6) is 0 Å². The Kier molecular flexibility index (Phi) is 6.24. The van der Waals surface area contributed by atoms with Crippen LogP contribution in [0.1, 0.15) is 0 Å². The van der Waals surface area contributed by atoms with E-state index >= 15 is 0 Å². The fourth-order valence-electron chi connectivity index (χ4n) is 1.81. The zero-order valence-corrected chi connectivity index (χ0v) is 15.4. The van der Waals surface area contributed by atoms with Gasteiger partial charge in [0, 0.05) is 23.1 Å². The molecule has 0 aliphatic rings. The van der Waals surface area contributed by atoms with Gasteiger partial charge >= 0.3 is 0 Å². The Hall–Kier alpha value is -1.16. The molecule has 0 atom stereocenters. The van der Waals surface area contributed by atoms with Crippen molar-refractivity contribution >= 4 is 43.2 Å². The fourth-order valence-corrected chi connectivity index (χ4v) is 4.47. The maximum Gasteiger partial charge on any atom is 0.240 e. The smallest absolute Gasteiger partial charge is 0.210 e. The van der Waals surface area contributed by atoms with Gasteiger partial charge < -0.3 is 0 Å². The van der Waals surface area contributed by atoms with Gasteiger partial charge in [-0.1, -0.05) is 35.3 Å². The minimum atomic E-state index is -3.76. The third-order valence-electron chi connectivity index (χ3n) is 2.92. The molecule has 2 aromatic rings. The molecule has 0 aliphatic carbocycles. The summed E-state index contributed by atoms with van der Waals surface area (Å²) in [7, 11) is -7.52. The second-order valence-electron chi connectivity index (χ2n) is 4.71. The molecular weight excluding hydrogens is 395 g/mol. The van der Waals surface area contributed by atoms with Gasteiger partial charge in [0.1, 0.15) is 0 Å². The van der Waals surface area contributed by atoms with Gasteiger partial charge in [0.15, 0.2) is 0 Å². The Morgan fingerprint density at radius 3 is 1.42 bits per heavy atom. The van der Waals surface area contributed by atoms with E-state index in [-0.39, 0.29) is 22.9 Å². The molecular formula is C14H14Cl2N2O4S2. The molecule has 10 heteroatoms. The molecule has 0 bridgehead atoms. The van der Waals surface area contributed by atoms with E-state index in [1.807, 2.05) is 0 Å². The fraction of sp³-hybridized carbons (Fsp3) is 0.143. The van der Waals surface area contributed by atoms with Crippen LogP contribution in [0.15, 0.2) is 58.3 Å². The Morgan fingerprint density at radius 2 is 1.08 bits per heavy atom. The van der Waals surface area contributed by atoms with Crippen LogP contribution in [0.4, 0.5) is 0 Å². The van der Waals surface area contributed by atoms with E-state index in [0.29, 0.717) is 10.0 Å². The molecule has 2 aromatic carbocycles. The van der Waals surface area contributed by atoms with Gasteiger partial charge in [-0.25, -0.2) is 26.3 Å². The summed E-state index contributed by atoms with van der Waals surface area (Å²) in [4.78, 5) is 0.0143. The first kappa shape index (κ1) is 19.2. The number of hydrogen-bond acceptors (Lipinski definition) is 4. The van der Waals surface area contributed by atoms with E-state index in [0.717, 1.165) is 0 Å². The van der Waals surface area contributed by atoms with Crippen molar-refractivity contribution in [3.05, 3.63) is 58.6 Å². The highest BCUT2D eigenvalue weighted by atomic mass is 35.5. The zero-order chi connectivity index (χ0) is 17.8. The van der Waals surface area contributed by atoms with Crippen molar-refractivity contribution in [2.24, 2.45) is 0 Å². The monoisotopic (exact) mass is 408 g/mol. The van der Waals surface area contributed by atoms with E-state index in [9.17, 15) is 16.8 Å². The van der Waals surface area contributed by atoms with Crippen molar-refractivity contribution in [1.29, 1.82) is 0 Å². The van der Waals surface area contributed by atoms with Crippen molar-refractivity contribution < 1.29 is 16.8 Å². The van der Waals surface area contributed by atoms with Gasteiger partial charge in [0.2, 0.25) is 20.0 Å². The van der Waals surface area contributed by atoms with Crippen LogP contribution < -0.4 is 9.44 Å². The number of sulfonamides is 2. The highest BCUT2D eigenvalue weighted by Gasteiger charge is 2.16. The quantitative estimate of drug-likeness (QED) is 0.687. The lowest BCUT2D eigenvalue weighted by atomic mass is 10.4. The van der Waals surface area contributed by atoms with Crippen LogP contribution in [0.3, 0.4) is 0 Å². The third-order valence-corrected chi connectivity index (χ3v) is 6.31. The number of hydrogen-bond donors (Lipinski definition) is 2. The molecule has 0 saturated heterocycles. The SMILES string of the molecule is O=S(=O)(NCCNS(=O)(=O)c1cccc(Cl)c1)c1cccc(Cl)c1. The molecule has 0 aliphatic heterocycles. The van der Waals surface area contributed by atoms with E-state index in [1.54, 1.807) is 12.1 Å². The van der Waals surface area contributed by atoms with Gasteiger partial charge in [0.05, 0.1) is 9.79 Å². The summed E-state index contributed by atoms with van der Waals surface area (Å²) < 4.78 is 52.8. The summed E-state index contributed by atoms with van der Waals surface area (Å²) in [5.41, 5.74) is 0. The summed E-state index contributed by atoms with van der Waals surface area (Å²) in [6.07, 6.45) is 0. The maximum absolute atomic E-state index is 12.1. The normalized spacial score (nSPS) is 12.2. The molecule has 0 aromatic heterocycles. The van der Waals surface area contributed by atoms with Crippen LogP contribution >= 0.6 is 23.2 Å². The predicted octanol–water partition coefficient (Wildman–Crippen LogP) is 2.25. The average Bonchev–Trinajstić information content (AvgIpc) is 2.52. The molecule has 24 heavy (non-hydrogen) atoms. The molecule has 0 saturated carbocycles. The second-order valence-corrected chi connectivity index (χ2v) is 9.12. The molecule has 0 radical (unpaired) electrons. The van der Waals surface area contributed by atoms with Crippen LogP contribution in [0.25, 0.3) is 0 Å².